The maximum Gasteiger partial charge on any atom is 0.0363 e. The molecule has 0 unspecified atom stereocenters. The van der Waals surface area contributed by atoms with Gasteiger partial charge in [0.25, 0.3) is 0 Å². The molecule has 1 N–H and O–H groups in total. The normalized spacial score (nSPS) is 20.4. The largest absolute Gasteiger partial charge is 0.316 e. The molecule has 76 valence electrons. The zero-order valence-corrected chi connectivity index (χ0v) is 9.03. The molecule has 0 amide bonds. The van der Waals surface area contributed by atoms with Crippen LogP contribution in [0, 0.1) is 0 Å². The standard InChI is InChI=1S/C9H18N2OS/c1-9(7-10-2)8-11-3-5-13(12)6-4-11/h10H,1,3-8H2,2H3. The summed E-state index contributed by atoms with van der Waals surface area (Å²) in [4.78, 5) is 2.32. The van der Waals surface area contributed by atoms with E-state index in [2.05, 4.69) is 16.8 Å². The van der Waals surface area contributed by atoms with Crippen molar-refractivity contribution in [3.05, 3.63) is 12.2 Å². The molecule has 1 rings (SSSR count). The van der Waals surface area contributed by atoms with Gasteiger partial charge in [0.05, 0.1) is 0 Å². The van der Waals surface area contributed by atoms with E-state index in [0.717, 1.165) is 37.7 Å². The number of hydrogen-bond donors (Lipinski definition) is 1. The van der Waals surface area contributed by atoms with Crippen molar-refractivity contribution in [1.82, 2.24) is 10.2 Å². The quantitative estimate of drug-likeness (QED) is 0.642. The van der Waals surface area contributed by atoms with Crippen molar-refractivity contribution in [1.29, 1.82) is 0 Å². The Labute approximate surface area is 82.6 Å². The lowest BCUT2D eigenvalue weighted by Gasteiger charge is -2.26. The minimum atomic E-state index is -0.566. The van der Waals surface area contributed by atoms with Gasteiger partial charge in [-0.1, -0.05) is 6.58 Å². The summed E-state index contributed by atoms with van der Waals surface area (Å²) in [6.45, 7) is 7.70. The van der Waals surface area contributed by atoms with Gasteiger partial charge >= 0.3 is 0 Å². The van der Waals surface area contributed by atoms with Gasteiger partial charge in [-0.25, -0.2) is 0 Å². The first-order valence-corrected chi connectivity index (χ1v) is 6.09. The fraction of sp³-hybridized carbons (Fsp3) is 0.778. The molecule has 1 fully saturated rings. The molecule has 4 heteroatoms. The van der Waals surface area contributed by atoms with Gasteiger partial charge in [-0.3, -0.25) is 9.11 Å². The van der Waals surface area contributed by atoms with Gasteiger partial charge in [0.2, 0.25) is 0 Å². The van der Waals surface area contributed by atoms with Gasteiger partial charge in [-0.15, -0.1) is 0 Å². The summed E-state index contributed by atoms with van der Waals surface area (Å²) in [6.07, 6.45) is 0. The Balaban J connectivity index is 2.22. The summed E-state index contributed by atoms with van der Waals surface area (Å²) in [7, 11) is 1.36. The van der Waals surface area contributed by atoms with Crippen LogP contribution in [0.3, 0.4) is 0 Å². The molecule has 0 aliphatic carbocycles. The van der Waals surface area contributed by atoms with Crippen molar-refractivity contribution in [2.75, 3.05) is 44.7 Å². The highest BCUT2D eigenvalue weighted by Gasteiger charge is 2.14. The first-order valence-electron chi connectivity index (χ1n) is 4.61. The molecule has 0 spiro atoms. The molecule has 0 saturated carbocycles. The number of nitrogens with zero attached hydrogens (tertiary/aromatic N) is 1. The lowest BCUT2D eigenvalue weighted by atomic mass is 10.3. The number of nitrogens with one attached hydrogen (secondary N) is 1. The smallest absolute Gasteiger partial charge is 0.0363 e. The number of hydrogen-bond acceptors (Lipinski definition) is 3. The van der Waals surface area contributed by atoms with Crippen LogP contribution in [0.25, 0.3) is 0 Å². The number of rotatable bonds is 4. The molecule has 0 aromatic rings. The summed E-state index contributed by atoms with van der Waals surface area (Å²) in [6, 6.07) is 0. The van der Waals surface area contributed by atoms with E-state index >= 15 is 0 Å². The molecule has 3 nitrogen and oxygen atoms in total. The van der Waals surface area contributed by atoms with E-state index in [1.165, 1.54) is 5.57 Å². The second-order valence-electron chi connectivity index (χ2n) is 3.40. The van der Waals surface area contributed by atoms with Crippen LogP contribution in [0.5, 0.6) is 0 Å². The fourth-order valence-electron chi connectivity index (χ4n) is 1.46. The number of likely N-dealkylation sites (N-methyl/N-ethyl adjacent to an activating group) is 1. The van der Waals surface area contributed by atoms with Gasteiger partial charge in [0.1, 0.15) is 0 Å². The van der Waals surface area contributed by atoms with E-state index in [0.29, 0.717) is 0 Å². The Kier molecular flexibility index (Phi) is 4.62. The average molecular weight is 202 g/mol. The van der Waals surface area contributed by atoms with Gasteiger partial charge < -0.3 is 5.32 Å². The highest BCUT2D eigenvalue weighted by molar-refractivity contribution is 7.85. The minimum Gasteiger partial charge on any atom is -0.316 e. The predicted molar refractivity (Wildman–Crippen MR) is 57.4 cm³/mol. The molecular weight excluding hydrogens is 184 g/mol. The first kappa shape index (κ1) is 10.9. The second kappa shape index (κ2) is 5.52. The van der Waals surface area contributed by atoms with Crippen LogP contribution in [-0.2, 0) is 10.8 Å². The highest BCUT2D eigenvalue weighted by Crippen LogP contribution is 2.02. The van der Waals surface area contributed by atoms with Crippen LogP contribution >= 0.6 is 0 Å². The van der Waals surface area contributed by atoms with Crippen molar-refractivity contribution < 1.29 is 4.21 Å². The van der Waals surface area contributed by atoms with Gasteiger partial charge in [0, 0.05) is 48.5 Å². The Morgan fingerprint density at radius 3 is 2.69 bits per heavy atom. The molecule has 1 saturated heterocycles. The van der Waals surface area contributed by atoms with Gasteiger partial charge in [-0.2, -0.15) is 0 Å². The van der Waals surface area contributed by atoms with Crippen LogP contribution in [-0.4, -0.2) is 53.8 Å². The Hall–Kier alpha value is -0.190. The summed E-state index contributed by atoms with van der Waals surface area (Å²) < 4.78 is 11.1. The zero-order valence-electron chi connectivity index (χ0n) is 8.21. The molecule has 0 atom stereocenters. The van der Waals surface area contributed by atoms with E-state index in [4.69, 9.17) is 0 Å². The van der Waals surface area contributed by atoms with Crippen LogP contribution in [0.15, 0.2) is 12.2 Å². The maximum atomic E-state index is 11.1. The summed E-state index contributed by atoms with van der Waals surface area (Å²) in [5.74, 6) is 1.65. The average Bonchev–Trinajstić information content (AvgIpc) is 2.09. The molecule has 0 radical (unpaired) electrons. The lowest BCUT2D eigenvalue weighted by molar-refractivity contribution is 0.323. The summed E-state index contributed by atoms with van der Waals surface area (Å²) in [5, 5.41) is 3.08. The van der Waals surface area contributed by atoms with Crippen LogP contribution in [0.2, 0.25) is 0 Å². The fourth-order valence-corrected chi connectivity index (χ4v) is 2.58. The molecule has 0 aromatic carbocycles. The van der Waals surface area contributed by atoms with E-state index in [1.807, 2.05) is 7.05 Å². The lowest BCUT2D eigenvalue weighted by Crippen LogP contribution is -2.39. The third-order valence-corrected chi connectivity index (χ3v) is 3.42. The molecule has 13 heavy (non-hydrogen) atoms. The maximum absolute atomic E-state index is 11.1. The summed E-state index contributed by atoms with van der Waals surface area (Å²) in [5.41, 5.74) is 1.20. The highest BCUT2D eigenvalue weighted by atomic mass is 32.2. The Bertz CT molecular complexity index is 196. The van der Waals surface area contributed by atoms with Gasteiger partial charge in [-0.05, 0) is 12.6 Å². The Morgan fingerprint density at radius 2 is 2.15 bits per heavy atom. The van der Waals surface area contributed by atoms with Crippen molar-refractivity contribution in [3.8, 4) is 0 Å². The third kappa shape index (κ3) is 4.02. The predicted octanol–water partition coefficient (Wildman–Crippen LogP) is -0.174. The molecule has 0 aromatic heterocycles. The minimum absolute atomic E-state index is 0.566. The Morgan fingerprint density at radius 1 is 1.54 bits per heavy atom. The van der Waals surface area contributed by atoms with Crippen molar-refractivity contribution >= 4 is 10.8 Å². The van der Waals surface area contributed by atoms with E-state index in [1.54, 1.807) is 0 Å². The van der Waals surface area contributed by atoms with Crippen molar-refractivity contribution in [3.63, 3.8) is 0 Å². The molecular formula is C9H18N2OS. The monoisotopic (exact) mass is 202 g/mol. The molecule has 1 heterocycles. The van der Waals surface area contributed by atoms with Crippen LogP contribution < -0.4 is 5.32 Å². The van der Waals surface area contributed by atoms with E-state index in [-0.39, 0.29) is 0 Å². The topological polar surface area (TPSA) is 32.3 Å². The van der Waals surface area contributed by atoms with Crippen molar-refractivity contribution in [2.24, 2.45) is 0 Å². The van der Waals surface area contributed by atoms with Crippen LogP contribution in [0.4, 0.5) is 0 Å². The van der Waals surface area contributed by atoms with Crippen LogP contribution in [0.1, 0.15) is 0 Å². The van der Waals surface area contributed by atoms with Crippen molar-refractivity contribution in [2.45, 2.75) is 0 Å². The molecule has 1 aliphatic rings. The zero-order chi connectivity index (χ0) is 9.68. The summed E-state index contributed by atoms with van der Waals surface area (Å²) >= 11 is 0. The SMILES string of the molecule is C=C(CNC)CN1CCS(=O)CC1. The second-order valence-corrected chi connectivity index (χ2v) is 5.10. The first-order chi connectivity index (χ1) is 6.22. The molecule has 1 aliphatic heterocycles. The van der Waals surface area contributed by atoms with E-state index < -0.39 is 10.8 Å². The third-order valence-electron chi connectivity index (χ3n) is 2.14. The van der Waals surface area contributed by atoms with Gasteiger partial charge in [0.15, 0.2) is 0 Å². The van der Waals surface area contributed by atoms with E-state index in [9.17, 15) is 4.21 Å². The molecule has 0 bridgehead atoms.